The highest BCUT2D eigenvalue weighted by Crippen LogP contribution is 2.36. The van der Waals surface area contributed by atoms with Gasteiger partial charge in [0.05, 0.1) is 21.7 Å². The summed E-state index contributed by atoms with van der Waals surface area (Å²) in [5.41, 5.74) is 2.84. The first-order valence-corrected chi connectivity index (χ1v) is 11.3. The zero-order valence-corrected chi connectivity index (χ0v) is 19.7. The molecule has 0 aliphatic rings. The molecular formula is C25H25N5O2S. The molecule has 0 aliphatic heterocycles. The Labute approximate surface area is 196 Å². The van der Waals surface area contributed by atoms with E-state index in [0.29, 0.717) is 5.82 Å². The fourth-order valence-electron chi connectivity index (χ4n) is 3.37. The van der Waals surface area contributed by atoms with Crippen LogP contribution in [0.5, 0.6) is 0 Å². The van der Waals surface area contributed by atoms with Gasteiger partial charge < -0.3 is 15.3 Å². The normalized spacial score (nSPS) is 11.3. The molecule has 33 heavy (non-hydrogen) atoms. The smallest absolute Gasteiger partial charge is 0.335 e. The van der Waals surface area contributed by atoms with Gasteiger partial charge in [-0.05, 0) is 68.3 Å². The van der Waals surface area contributed by atoms with E-state index in [1.165, 1.54) is 0 Å². The van der Waals surface area contributed by atoms with E-state index in [2.05, 4.69) is 34.0 Å². The molecule has 0 atom stereocenters. The molecule has 0 bridgehead atoms. The second-order valence-corrected chi connectivity index (χ2v) is 9.27. The summed E-state index contributed by atoms with van der Waals surface area (Å²) in [4.78, 5) is 27.9. The molecule has 3 heterocycles. The van der Waals surface area contributed by atoms with Crippen molar-refractivity contribution in [2.45, 2.75) is 26.3 Å². The minimum atomic E-state index is -0.931. The van der Waals surface area contributed by atoms with E-state index in [9.17, 15) is 4.79 Å². The number of aromatic carboxylic acids is 1. The van der Waals surface area contributed by atoms with Crippen molar-refractivity contribution < 1.29 is 9.90 Å². The maximum Gasteiger partial charge on any atom is 0.335 e. The van der Waals surface area contributed by atoms with Crippen LogP contribution in [0.15, 0.2) is 67.0 Å². The second kappa shape index (κ2) is 8.99. The van der Waals surface area contributed by atoms with Crippen LogP contribution in [0, 0.1) is 6.92 Å². The molecule has 4 rings (SSSR count). The van der Waals surface area contributed by atoms with Crippen molar-refractivity contribution in [1.82, 2.24) is 15.0 Å². The van der Waals surface area contributed by atoms with Crippen LogP contribution in [0.25, 0.3) is 10.6 Å². The minimum Gasteiger partial charge on any atom is -0.478 e. The molecule has 2 N–H and O–H groups in total. The average molecular weight is 460 g/mol. The number of rotatable bonds is 7. The van der Waals surface area contributed by atoms with E-state index in [1.54, 1.807) is 29.7 Å². The van der Waals surface area contributed by atoms with Gasteiger partial charge in [-0.3, -0.25) is 0 Å². The number of nitrogens with one attached hydrogen (secondary N) is 1. The zero-order chi connectivity index (χ0) is 23.6. The summed E-state index contributed by atoms with van der Waals surface area (Å²) in [5, 5.41) is 13.3. The Balaban J connectivity index is 1.55. The molecule has 8 heteroatoms. The first-order valence-electron chi connectivity index (χ1n) is 10.4. The van der Waals surface area contributed by atoms with Crippen molar-refractivity contribution in [2.75, 3.05) is 17.3 Å². The molecule has 168 valence electrons. The number of carbonyl (C=O) groups is 1. The van der Waals surface area contributed by atoms with Crippen molar-refractivity contribution in [3.05, 3.63) is 83.7 Å². The standard InChI is InChI=1S/C25H25N5O2S/c1-16-12-13-26-22(14-16)29-21-7-5-6-19(28-21)20-15-27-24(33-20)30(4)25(2,3)18-10-8-17(9-11-18)23(31)32/h5-15H,1-4H3,(H,31,32)(H,26,28,29). The van der Waals surface area contributed by atoms with Crippen LogP contribution in [-0.2, 0) is 5.54 Å². The van der Waals surface area contributed by atoms with Crippen LogP contribution in [0.4, 0.5) is 16.8 Å². The Hall–Kier alpha value is -3.78. The summed E-state index contributed by atoms with van der Waals surface area (Å²) < 4.78 is 0. The number of hydrogen-bond donors (Lipinski definition) is 2. The quantitative estimate of drug-likeness (QED) is 0.365. The Bertz CT molecular complexity index is 1280. The van der Waals surface area contributed by atoms with E-state index in [1.807, 2.05) is 62.6 Å². The van der Waals surface area contributed by atoms with Crippen LogP contribution in [-0.4, -0.2) is 33.1 Å². The zero-order valence-electron chi connectivity index (χ0n) is 18.9. The number of thiazole rings is 1. The molecule has 0 unspecified atom stereocenters. The number of aromatic nitrogens is 3. The van der Waals surface area contributed by atoms with Gasteiger partial charge in [-0.25, -0.2) is 19.7 Å². The fourth-order valence-corrected chi connectivity index (χ4v) is 4.36. The topological polar surface area (TPSA) is 91.2 Å². The number of carboxylic acid groups (broad SMARTS) is 1. The molecule has 0 aliphatic carbocycles. The van der Waals surface area contributed by atoms with E-state index in [-0.39, 0.29) is 11.1 Å². The first-order chi connectivity index (χ1) is 15.7. The van der Waals surface area contributed by atoms with Gasteiger partial charge in [0.15, 0.2) is 5.13 Å². The third-order valence-corrected chi connectivity index (χ3v) is 6.73. The average Bonchev–Trinajstić information content (AvgIpc) is 3.29. The highest BCUT2D eigenvalue weighted by atomic mass is 32.1. The van der Waals surface area contributed by atoms with Crippen LogP contribution >= 0.6 is 11.3 Å². The number of hydrogen-bond acceptors (Lipinski definition) is 7. The highest BCUT2D eigenvalue weighted by molar-refractivity contribution is 7.18. The van der Waals surface area contributed by atoms with Crippen molar-refractivity contribution in [3.8, 4) is 10.6 Å². The lowest BCUT2D eigenvalue weighted by molar-refractivity contribution is 0.0697. The van der Waals surface area contributed by atoms with Gasteiger partial charge >= 0.3 is 5.97 Å². The molecule has 7 nitrogen and oxygen atoms in total. The number of nitrogens with zero attached hydrogens (tertiary/aromatic N) is 4. The van der Waals surface area contributed by atoms with Crippen LogP contribution in [0.1, 0.15) is 35.3 Å². The maximum atomic E-state index is 11.2. The Kier molecular flexibility index (Phi) is 6.11. The van der Waals surface area contributed by atoms with Gasteiger partial charge in [0.2, 0.25) is 0 Å². The van der Waals surface area contributed by atoms with Gasteiger partial charge in [0.25, 0.3) is 0 Å². The van der Waals surface area contributed by atoms with Crippen molar-refractivity contribution in [2.24, 2.45) is 0 Å². The molecule has 0 saturated heterocycles. The summed E-state index contributed by atoms with van der Waals surface area (Å²) in [7, 11) is 1.99. The van der Waals surface area contributed by atoms with Gasteiger partial charge in [0, 0.05) is 19.4 Å². The Morgan fingerprint density at radius 1 is 1.06 bits per heavy atom. The van der Waals surface area contributed by atoms with Crippen LogP contribution in [0.2, 0.25) is 0 Å². The summed E-state index contributed by atoms with van der Waals surface area (Å²) in [6.07, 6.45) is 3.60. The number of aryl methyl sites for hydroxylation is 1. The lowest BCUT2D eigenvalue weighted by Crippen LogP contribution is -2.38. The minimum absolute atomic E-state index is 0.272. The molecule has 4 aromatic rings. The summed E-state index contributed by atoms with van der Waals surface area (Å²) in [6, 6.07) is 16.7. The third-order valence-electron chi connectivity index (χ3n) is 5.63. The van der Waals surface area contributed by atoms with E-state index in [0.717, 1.165) is 32.6 Å². The number of carboxylic acids is 1. The molecule has 3 aromatic heterocycles. The lowest BCUT2D eigenvalue weighted by atomic mass is 9.92. The first kappa shape index (κ1) is 22.4. The molecule has 0 saturated carbocycles. The number of anilines is 3. The largest absolute Gasteiger partial charge is 0.478 e. The van der Waals surface area contributed by atoms with Crippen LogP contribution < -0.4 is 10.2 Å². The third kappa shape index (κ3) is 4.85. The van der Waals surface area contributed by atoms with Gasteiger partial charge in [-0.15, -0.1) is 0 Å². The SMILES string of the molecule is Cc1ccnc(Nc2cccc(-c3cnc(N(C)C(C)(C)c4ccc(C(=O)O)cc4)s3)n2)c1. The van der Waals surface area contributed by atoms with E-state index < -0.39 is 5.97 Å². The van der Waals surface area contributed by atoms with Gasteiger partial charge in [0.1, 0.15) is 11.6 Å². The molecular weight excluding hydrogens is 434 g/mol. The predicted octanol–water partition coefficient (Wildman–Crippen LogP) is 5.72. The summed E-state index contributed by atoms with van der Waals surface area (Å²) in [6.45, 7) is 6.19. The van der Waals surface area contributed by atoms with Gasteiger partial charge in [-0.2, -0.15) is 0 Å². The predicted molar refractivity (Wildman–Crippen MR) is 132 cm³/mol. The molecule has 0 spiro atoms. The highest BCUT2D eigenvalue weighted by Gasteiger charge is 2.28. The lowest BCUT2D eigenvalue weighted by Gasteiger charge is -2.36. The van der Waals surface area contributed by atoms with Crippen LogP contribution in [0.3, 0.4) is 0 Å². The second-order valence-electron chi connectivity index (χ2n) is 8.26. The number of benzene rings is 1. The monoisotopic (exact) mass is 459 g/mol. The van der Waals surface area contributed by atoms with Gasteiger partial charge in [-0.1, -0.05) is 29.5 Å². The summed E-state index contributed by atoms with van der Waals surface area (Å²) in [5.74, 6) is 0.535. The number of pyridine rings is 2. The van der Waals surface area contributed by atoms with E-state index >= 15 is 0 Å². The van der Waals surface area contributed by atoms with Crippen molar-refractivity contribution >= 4 is 34.1 Å². The maximum absolute atomic E-state index is 11.2. The van der Waals surface area contributed by atoms with Crippen molar-refractivity contribution in [1.29, 1.82) is 0 Å². The molecule has 0 radical (unpaired) electrons. The Morgan fingerprint density at radius 3 is 2.52 bits per heavy atom. The molecule has 0 fully saturated rings. The Morgan fingerprint density at radius 2 is 1.82 bits per heavy atom. The van der Waals surface area contributed by atoms with Crippen molar-refractivity contribution in [3.63, 3.8) is 0 Å². The molecule has 1 aromatic carbocycles. The van der Waals surface area contributed by atoms with E-state index in [4.69, 9.17) is 10.1 Å². The fraction of sp³-hybridized carbons (Fsp3) is 0.200. The summed E-state index contributed by atoms with van der Waals surface area (Å²) >= 11 is 1.56. The molecule has 0 amide bonds.